The van der Waals surface area contributed by atoms with Gasteiger partial charge in [-0.05, 0) is 44.0 Å². The summed E-state index contributed by atoms with van der Waals surface area (Å²) in [6.07, 6.45) is 7.45. The van der Waals surface area contributed by atoms with Crippen molar-refractivity contribution in [3.05, 3.63) is 40.0 Å². The normalized spacial score (nSPS) is 15.9. The first kappa shape index (κ1) is 17.1. The van der Waals surface area contributed by atoms with Crippen molar-refractivity contribution in [1.82, 2.24) is 10.3 Å². The predicted octanol–water partition coefficient (Wildman–Crippen LogP) is 4.64. The number of amides is 1. The molecule has 1 amide bonds. The monoisotopic (exact) mass is 346 g/mol. The van der Waals surface area contributed by atoms with Crippen molar-refractivity contribution in [1.29, 1.82) is 0 Å². The van der Waals surface area contributed by atoms with E-state index in [1.807, 2.05) is 6.92 Å². The van der Waals surface area contributed by atoms with Gasteiger partial charge < -0.3 is 5.32 Å². The van der Waals surface area contributed by atoms with Crippen LogP contribution < -0.4 is 5.32 Å². The molecular weight excluding hydrogens is 323 g/mol. The molecule has 0 saturated heterocycles. The minimum atomic E-state index is -0.265. The molecule has 1 aliphatic carbocycles. The van der Waals surface area contributed by atoms with Gasteiger partial charge in [0.1, 0.15) is 5.82 Å². The fraction of sp³-hybridized carbons (Fsp3) is 0.474. The van der Waals surface area contributed by atoms with E-state index in [1.165, 1.54) is 37.8 Å². The van der Waals surface area contributed by atoms with Crippen LogP contribution in [0.3, 0.4) is 0 Å². The molecule has 5 heteroatoms. The Morgan fingerprint density at radius 1 is 1.21 bits per heavy atom. The lowest BCUT2D eigenvalue weighted by Crippen LogP contribution is -2.35. The van der Waals surface area contributed by atoms with Gasteiger partial charge in [0.15, 0.2) is 0 Å². The Bertz CT molecular complexity index is 688. The minimum absolute atomic E-state index is 0.0638. The highest BCUT2D eigenvalue weighted by atomic mass is 32.1. The Labute approximate surface area is 146 Å². The lowest BCUT2D eigenvalue weighted by molar-refractivity contribution is -0.121. The highest BCUT2D eigenvalue weighted by Gasteiger charge is 2.18. The van der Waals surface area contributed by atoms with Crippen LogP contribution in [-0.2, 0) is 11.2 Å². The van der Waals surface area contributed by atoms with Gasteiger partial charge in [0.2, 0.25) is 5.91 Å². The van der Waals surface area contributed by atoms with E-state index in [-0.39, 0.29) is 11.7 Å². The van der Waals surface area contributed by atoms with E-state index in [1.54, 1.807) is 23.5 Å². The van der Waals surface area contributed by atoms with Crippen molar-refractivity contribution in [2.75, 3.05) is 0 Å². The van der Waals surface area contributed by atoms with Crippen LogP contribution in [0.15, 0.2) is 24.3 Å². The summed E-state index contributed by atoms with van der Waals surface area (Å²) in [6, 6.07) is 6.61. The Morgan fingerprint density at radius 3 is 2.54 bits per heavy atom. The number of thiazole rings is 1. The third kappa shape index (κ3) is 4.41. The molecule has 0 spiro atoms. The first-order valence-corrected chi connectivity index (χ1v) is 9.45. The molecule has 3 nitrogen and oxygen atoms in total. The molecule has 128 valence electrons. The van der Waals surface area contributed by atoms with Gasteiger partial charge in [0.05, 0.1) is 17.1 Å². The second-order valence-electron chi connectivity index (χ2n) is 6.44. The Balaban J connectivity index is 1.70. The molecule has 1 N–H and O–H groups in total. The molecule has 0 bridgehead atoms. The van der Waals surface area contributed by atoms with Gasteiger partial charge in [-0.2, -0.15) is 0 Å². The zero-order valence-corrected chi connectivity index (χ0v) is 14.8. The van der Waals surface area contributed by atoms with E-state index in [0.717, 1.165) is 34.0 Å². The molecule has 0 radical (unpaired) electrons. The van der Waals surface area contributed by atoms with Gasteiger partial charge in [-0.25, -0.2) is 9.37 Å². The standard InChI is InChI=1S/C19H23FN2OS/c1-13-21-19(14-8-10-15(20)11-9-14)17(24-13)12-18(23)22-16-6-4-2-3-5-7-16/h8-11,16H,2-7,12H2,1H3,(H,22,23). The summed E-state index contributed by atoms with van der Waals surface area (Å²) >= 11 is 1.54. The van der Waals surface area contributed by atoms with Crippen LogP contribution >= 0.6 is 11.3 Å². The van der Waals surface area contributed by atoms with Crippen molar-refractivity contribution in [2.45, 2.75) is 57.9 Å². The van der Waals surface area contributed by atoms with Crippen LogP contribution in [0.1, 0.15) is 48.4 Å². The Hall–Kier alpha value is -1.75. The fourth-order valence-corrected chi connectivity index (χ4v) is 4.23. The van der Waals surface area contributed by atoms with Crippen LogP contribution in [0.25, 0.3) is 11.3 Å². The van der Waals surface area contributed by atoms with E-state index < -0.39 is 0 Å². The molecular formula is C19H23FN2OS. The van der Waals surface area contributed by atoms with Gasteiger partial charge in [-0.3, -0.25) is 4.79 Å². The van der Waals surface area contributed by atoms with Crippen LogP contribution in [0.4, 0.5) is 4.39 Å². The number of hydrogen-bond acceptors (Lipinski definition) is 3. The zero-order valence-electron chi connectivity index (χ0n) is 14.0. The number of nitrogens with zero attached hydrogens (tertiary/aromatic N) is 1. The average Bonchev–Trinajstić information content (AvgIpc) is 2.74. The topological polar surface area (TPSA) is 42.0 Å². The third-order valence-electron chi connectivity index (χ3n) is 4.46. The van der Waals surface area contributed by atoms with Gasteiger partial charge in [0, 0.05) is 16.5 Å². The lowest BCUT2D eigenvalue weighted by Gasteiger charge is -2.16. The number of hydrogen-bond donors (Lipinski definition) is 1. The van der Waals surface area contributed by atoms with Crippen molar-refractivity contribution < 1.29 is 9.18 Å². The van der Waals surface area contributed by atoms with Gasteiger partial charge in [0.25, 0.3) is 0 Å². The van der Waals surface area contributed by atoms with Crippen molar-refractivity contribution in [3.63, 3.8) is 0 Å². The number of benzene rings is 1. The molecule has 1 fully saturated rings. The van der Waals surface area contributed by atoms with Crippen LogP contribution in [0.2, 0.25) is 0 Å². The maximum Gasteiger partial charge on any atom is 0.225 e. The molecule has 0 atom stereocenters. The lowest BCUT2D eigenvalue weighted by atomic mass is 10.1. The van der Waals surface area contributed by atoms with Gasteiger partial charge in [-0.15, -0.1) is 11.3 Å². The smallest absolute Gasteiger partial charge is 0.225 e. The maximum atomic E-state index is 13.1. The van der Waals surface area contributed by atoms with E-state index in [9.17, 15) is 9.18 Å². The summed E-state index contributed by atoms with van der Waals surface area (Å²) in [5, 5.41) is 4.11. The summed E-state index contributed by atoms with van der Waals surface area (Å²) in [5.41, 5.74) is 1.66. The number of aromatic nitrogens is 1. The molecule has 0 aliphatic heterocycles. The largest absolute Gasteiger partial charge is 0.353 e. The highest BCUT2D eigenvalue weighted by molar-refractivity contribution is 7.12. The molecule has 1 aromatic heterocycles. The Morgan fingerprint density at radius 2 is 1.88 bits per heavy atom. The first-order chi connectivity index (χ1) is 11.6. The third-order valence-corrected chi connectivity index (χ3v) is 5.43. The van der Waals surface area contributed by atoms with E-state index in [0.29, 0.717) is 12.5 Å². The summed E-state index contributed by atoms with van der Waals surface area (Å²) < 4.78 is 13.1. The number of nitrogens with one attached hydrogen (secondary N) is 1. The molecule has 1 heterocycles. The SMILES string of the molecule is Cc1nc(-c2ccc(F)cc2)c(CC(=O)NC2CCCCCC2)s1. The highest BCUT2D eigenvalue weighted by Crippen LogP contribution is 2.29. The zero-order chi connectivity index (χ0) is 16.9. The van der Waals surface area contributed by atoms with Crippen LogP contribution in [-0.4, -0.2) is 16.9 Å². The molecule has 1 saturated carbocycles. The van der Waals surface area contributed by atoms with E-state index in [4.69, 9.17) is 0 Å². The maximum absolute atomic E-state index is 13.1. The molecule has 24 heavy (non-hydrogen) atoms. The summed E-state index contributed by atoms with van der Waals surface area (Å²) in [7, 11) is 0. The second kappa shape index (κ2) is 7.88. The number of rotatable bonds is 4. The number of halogens is 1. The number of carbonyl (C=O) groups is 1. The number of aryl methyl sites for hydroxylation is 1. The van der Waals surface area contributed by atoms with Gasteiger partial charge in [-0.1, -0.05) is 25.7 Å². The van der Waals surface area contributed by atoms with E-state index in [2.05, 4.69) is 10.3 Å². The fourth-order valence-electron chi connectivity index (χ4n) is 3.27. The van der Waals surface area contributed by atoms with Crippen molar-refractivity contribution >= 4 is 17.2 Å². The molecule has 1 aliphatic rings. The summed E-state index contributed by atoms with van der Waals surface area (Å²) in [6.45, 7) is 1.93. The van der Waals surface area contributed by atoms with Crippen LogP contribution in [0, 0.1) is 12.7 Å². The predicted molar refractivity (Wildman–Crippen MR) is 95.6 cm³/mol. The Kier molecular flexibility index (Phi) is 5.61. The summed E-state index contributed by atoms with van der Waals surface area (Å²) in [4.78, 5) is 17.9. The van der Waals surface area contributed by atoms with Crippen molar-refractivity contribution in [3.8, 4) is 11.3 Å². The van der Waals surface area contributed by atoms with Crippen LogP contribution in [0.5, 0.6) is 0 Å². The summed E-state index contributed by atoms with van der Waals surface area (Å²) in [5.74, 6) is -0.202. The molecule has 3 rings (SSSR count). The van der Waals surface area contributed by atoms with Gasteiger partial charge >= 0.3 is 0 Å². The quantitative estimate of drug-likeness (QED) is 0.820. The van der Waals surface area contributed by atoms with Crippen molar-refractivity contribution in [2.24, 2.45) is 0 Å². The average molecular weight is 346 g/mol. The number of carbonyl (C=O) groups excluding carboxylic acids is 1. The van der Waals surface area contributed by atoms with E-state index >= 15 is 0 Å². The second-order valence-corrected chi connectivity index (χ2v) is 7.73. The minimum Gasteiger partial charge on any atom is -0.353 e. The molecule has 2 aromatic rings. The first-order valence-electron chi connectivity index (χ1n) is 8.63. The molecule has 1 aromatic carbocycles. The molecule has 0 unspecified atom stereocenters.